The third-order valence-corrected chi connectivity index (χ3v) is 5.33. The van der Waals surface area contributed by atoms with E-state index in [-0.39, 0.29) is 0 Å². The molecule has 0 aliphatic heterocycles. The smallest absolute Gasteiger partial charge is 0.191 e. The minimum Gasteiger partial charge on any atom is -0.376 e. The Hall–Kier alpha value is -1.14. The van der Waals surface area contributed by atoms with Crippen LogP contribution in [-0.2, 0) is 11.3 Å². The van der Waals surface area contributed by atoms with E-state index in [0.717, 1.165) is 29.8 Å². The van der Waals surface area contributed by atoms with Crippen LogP contribution in [0, 0.1) is 13.8 Å². The normalized spacial score (nSPS) is 17.1. The molecule has 0 bridgehead atoms. The maximum Gasteiger partial charge on any atom is 0.191 e. The molecule has 0 radical (unpaired) electrons. The van der Waals surface area contributed by atoms with Gasteiger partial charge >= 0.3 is 0 Å². The summed E-state index contributed by atoms with van der Waals surface area (Å²) < 4.78 is 5.98. The Morgan fingerprint density at radius 1 is 1.22 bits per heavy atom. The van der Waals surface area contributed by atoms with Crippen LogP contribution < -0.4 is 10.6 Å². The first kappa shape index (κ1) is 18.2. The van der Waals surface area contributed by atoms with Gasteiger partial charge < -0.3 is 15.4 Å². The van der Waals surface area contributed by atoms with Gasteiger partial charge in [0.2, 0.25) is 0 Å². The quantitative estimate of drug-likeness (QED) is 0.362. The van der Waals surface area contributed by atoms with Crippen molar-refractivity contribution in [3.63, 3.8) is 0 Å². The zero-order valence-electron chi connectivity index (χ0n) is 14.7. The lowest BCUT2D eigenvalue weighted by Gasteiger charge is -2.16. The van der Waals surface area contributed by atoms with Crippen molar-refractivity contribution in [1.29, 1.82) is 0 Å². The second kappa shape index (κ2) is 9.88. The monoisotopic (exact) mass is 338 g/mol. The lowest BCUT2D eigenvalue weighted by atomic mass is 10.1. The van der Waals surface area contributed by atoms with Crippen LogP contribution in [0.5, 0.6) is 0 Å². The van der Waals surface area contributed by atoms with E-state index in [1.807, 2.05) is 6.92 Å². The van der Waals surface area contributed by atoms with E-state index in [1.165, 1.54) is 43.4 Å². The second-order valence-corrected chi connectivity index (χ2v) is 7.37. The van der Waals surface area contributed by atoms with E-state index in [2.05, 4.69) is 27.5 Å². The number of nitrogens with zero attached hydrogens (tertiary/aromatic N) is 2. The Kier molecular flexibility index (Phi) is 7.82. The molecule has 1 fully saturated rings. The molecule has 0 aromatic carbocycles. The first-order chi connectivity index (χ1) is 11.2. The van der Waals surface area contributed by atoms with Gasteiger partial charge in [-0.1, -0.05) is 25.7 Å². The number of aliphatic imine (C=N–C) groups is 1. The van der Waals surface area contributed by atoms with E-state index >= 15 is 0 Å². The topological polar surface area (TPSA) is 58.5 Å². The lowest BCUT2D eigenvalue weighted by Crippen LogP contribution is -2.38. The summed E-state index contributed by atoms with van der Waals surface area (Å²) in [4.78, 5) is 10.1. The average molecular weight is 339 g/mol. The van der Waals surface area contributed by atoms with E-state index in [0.29, 0.717) is 12.6 Å². The highest BCUT2D eigenvalue weighted by Crippen LogP contribution is 2.19. The number of guanidine groups is 1. The van der Waals surface area contributed by atoms with Crippen LogP contribution in [0.2, 0.25) is 0 Å². The molecule has 0 atom stereocenters. The van der Waals surface area contributed by atoms with Gasteiger partial charge in [-0.2, -0.15) is 0 Å². The predicted molar refractivity (Wildman–Crippen MR) is 97.2 cm³/mol. The molecule has 0 unspecified atom stereocenters. The van der Waals surface area contributed by atoms with Gasteiger partial charge in [0.15, 0.2) is 5.96 Å². The lowest BCUT2D eigenvalue weighted by molar-refractivity contribution is 0.0468. The van der Waals surface area contributed by atoms with Crippen LogP contribution in [0.1, 0.15) is 54.1 Å². The summed E-state index contributed by atoms with van der Waals surface area (Å²) in [5.41, 5.74) is 1.12. The SMILES string of the molecule is CN=C(NCCOC1CCCCCC1)NCc1nc(C)c(C)s1. The van der Waals surface area contributed by atoms with Gasteiger partial charge in [0, 0.05) is 18.5 Å². The molecule has 2 N–H and O–H groups in total. The summed E-state index contributed by atoms with van der Waals surface area (Å²) in [5, 5.41) is 7.71. The Morgan fingerprint density at radius 2 is 1.96 bits per heavy atom. The van der Waals surface area contributed by atoms with E-state index in [4.69, 9.17) is 4.74 Å². The maximum atomic E-state index is 5.98. The van der Waals surface area contributed by atoms with Crippen molar-refractivity contribution in [3.05, 3.63) is 15.6 Å². The van der Waals surface area contributed by atoms with Crippen LogP contribution >= 0.6 is 11.3 Å². The fourth-order valence-electron chi connectivity index (χ4n) is 2.80. The third-order valence-electron chi connectivity index (χ3n) is 4.25. The van der Waals surface area contributed by atoms with E-state index in [9.17, 15) is 0 Å². The fraction of sp³-hybridized carbons (Fsp3) is 0.765. The number of aryl methyl sites for hydroxylation is 2. The Labute approximate surface area is 144 Å². The van der Waals surface area contributed by atoms with Crippen LogP contribution in [0.25, 0.3) is 0 Å². The summed E-state index contributed by atoms with van der Waals surface area (Å²) in [5.74, 6) is 0.806. The molecule has 1 saturated carbocycles. The summed E-state index contributed by atoms with van der Waals surface area (Å²) >= 11 is 1.73. The van der Waals surface area contributed by atoms with Crippen molar-refractivity contribution in [2.45, 2.75) is 65.0 Å². The highest BCUT2D eigenvalue weighted by Gasteiger charge is 2.12. The van der Waals surface area contributed by atoms with Gasteiger partial charge in [-0.3, -0.25) is 4.99 Å². The predicted octanol–water partition coefficient (Wildman–Crippen LogP) is 3.16. The Bertz CT molecular complexity index is 473. The van der Waals surface area contributed by atoms with Gasteiger partial charge in [-0.25, -0.2) is 4.98 Å². The molecule has 2 rings (SSSR count). The van der Waals surface area contributed by atoms with Gasteiger partial charge in [-0.05, 0) is 26.7 Å². The standard InChI is InChI=1S/C17H30N4OS/c1-13-14(2)23-16(21-13)12-20-17(18-3)19-10-11-22-15-8-6-4-5-7-9-15/h15H,4-12H2,1-3H3,(H2,18,19,20). The molecule has 5 nitrogen and oxygen atoms in total. The minimum absolute atomic E-state index is 0.454. The number of nitrogens with one attached hydrogen (secondary N) is 2. The first-order valence-corrected chi connectivity index (χ1v) is 9.49. The molecular weight excluding hydrogens is 308 g/mol. The summed E-state index contributed by atoms with van der Waals surface area (Å²) in [6.07, 6.45) is 8.25. The van der Waals surface area contributed by atoms with Crippen molar-refractivity contribution in [2.24, 2.45) is 4.99 Å². The summed E-state index contributed by atoms with van der Waals surface area (Å²) in [6.45, 7) is 6.39. The van der Waals surface area contributed by atoms with Crippen LogP contribution in [0.15, 0.2) is 4.99 Å². The van der Waals surface area contributed by atoms with Gasteiger partial charge in [-0.15, -0.1) is 11.3 Å². The Morgan fingerprint density at radius 3 is 2.57 bits per heavy atom. The molecule has 1 aromatic heterocycles. The molecule has 0 amide bonds. The highest BCUT2D eigenvalue weighted by atomic mass is 32.1. The van der Waals surface area contributed by atoms with Crippen molar-refractivity contribution >= 4 is 17.3 Å². The molecule has 130 valence electrons. The van der Waals surface area contributed by atoms with Crippen molar-refractivity contribution in [1.82, 2.24) is 15.6 Å². The van der Waals surface area contributed by atoms with E-state index in [1.54, 1.807) is 18.4 Å². The molecule has 1 heterocycles. The molecule has 1 aliphatic carbocycles. The molecule has 23 heavy (non-hydrogen) atoms. The Balaban J connectivity index is 1.62. The zero-order valence-corrected chi connectivity index (χ0v) is 15.5. The second-order valence-electron chi connectivity index (χ2n) is 6.09. The highest BCUT2D eigenvalue weighted by molar-refractivity contribution is 7.11. The van der Waals surface area contributed by atoms with Crippen LogP contribution in [0.3, 0.4) is 0 Å². The molecule has 1 aliphatic rings. The van der Waals surface area contributed by atoms with Gasteiger partial charge in [0.25, 0.3) is 0 Å². The summed E-state index contributed by atoms with van der Waals surface area (Å²) in [6, 6.07) is 0. The molecule has 6 heteroatoms. The average Bonchev–Trinajstić information content (AvgIpc) is 2.75. The first-order valence-electron chi connectivity index (χ1n) is 8.68. The van der Waals surface area contributed by atoms with Crippen LogP contribution in [-0.4, -0.2) is 37.2 Å². The van der Waals surface area contributed by atoms with Gasteiger partial charge in [0.1, 0.15) is 5.01 Å². The maximum absolute atomic E-state index is 5.98. The third kappa shape index (κ3) is 6.47. The molecular formula is C17H30N4OS. The number of ether oxygens (including phenoxy) is 1. The minimum atomic E-state index is 0.454. The fourth-order valence-corrected chi connectivity index (χ4v) is 3.67. The molecule has 1 aromatic rings. The van der Waals surface area contributed by atoms with Crippen molar-refractivity contribution in [2.75, 3.05) is 20.2 Å². The summed E-state index contributed by atoms with van der Waals surface area (Å²) in [7, 11) is 1.79. The number of hydrogen-bond donors (Lipinski definition) is 2. The van der Waals surface area contributed by atoms with E-state index < -0.39 is 0 Å². The van der Waals surface area contributed by atoms with Crippen molar-refractivity contribution < 1.29 is 4.74 Å². The molecule has 0 saturated heterocycles. The zero-order chi connectivity index (χ0) is 16.5. The number of aromatic nitrogens is 1. The number of rotatable bonds is 6. The van der Waals surface area contributed by atoms with Gasteiger partial charge in [0.05, 0.1) is 24.9 Å². The largest absolute Gasteiger partial charge is 0.376 e. The number of thiazole rings is 1. The van der Waals surface area contributed by atoms with Crippen molar-refractivity contribution in [3.8, 4) is 0 Å². The number of hydrogen-bond acceptors (Lipinski definition) is 4. The molecule has 0 spiro atoms. The van der Waals surface area contributed by atoms with Crippen LogP contribution in [0.4, 0.5) is 0 Å².